The van der Waals surface area contributed by atoms with E-state index in [4.69, 9.17) is 26.8 Å². The van der Waals surface area contributed by atoms with Crippen LogP contribution in [0.25, 0.3) is 0 Å². The number of nitrogens with two attached hydrogens (primary N) is 1. The highest BCUT2D eigenvalue weighted by atomic mass is 35.5. The van der Waals surface area contributed by atoms with E-state index in [1.807, 2.05) is 25.7 Å². The molecular weight excluding hydrogens is 520 g/mol. The van der Waals surface area contributed by atoms with Gasteiger partial charge in [-0.25, -0.2) is 0 Å². The van der Waals surface area contributed by atoms with Crippen molar-refractivity contribution in [2.45, 2.75) is 115 Å². The van der Waals surface area contributed by atoms with Crippen molar-refractivity contribution in [3.05, 3.63) is 28.8 Å². The van der Waals surface area contributed by atoms with Crippen LogP contribution in [0.3, 0.4) is 0 Å². The number of hydrogen-bond donors (Lipinski definition) is 4. The lowest BCUT2D eigenvalue weighted by atomic mass is 9.84. The van der Waals surface area contributed by atoms with Crippen LogP contribution in [0.2, 0.25) is 5.02 Å². The molecule has 1 aromatic carbocycles. The van der Waals surface area contributed by atoms with Gasteiger partial charge in [0.1, 0.15) is 18.4 Å². The second-order valence-corrected chi connectivity index (χ2v) is 13.7. The maximum Gasteiger partial charge on any atom is 0.252 e. The second-order valence-electron chi connectivity index (χ2n) is 13.3. The fourth-order valence-corrected chi connectivity index (χ4v) is 7.65. The molecule has 5 aliphatic rings. The predicted molar refractivity (Wildman–Crippen MR) is 147 cm³/mol. The molecule has 2 aliphatic carbocycles. The van der Waals surface area contributed by atoms with Crippen LogP contribution in [0.15, 0.2) is 18.2 Å². The Morgan fingerprint density at radius 2 is 2.05 bits per heavy atom. The van der Waals surface area contributed by atoms with Crippen LogP contribution in [0, 0.1) is 17.3 Å². The fraction of sp³-hybridized carbons (Fsp3) is 0.724. The number of fused-ring (bicyclic) bond motifs is 3. The standard InChI is InChI=1S/C29H41ClN4O5/c1-5-16-13-29(16)21(12-20-27(38-20)39-29)32-25(36)22-14-6-8-17(10-14)34(22)26(37)23(28(2,3)4)33-24(35)15-7-9-19(31)18(30)11-15/h7,9,11,14,16-17,20-23,25,27,32,36H,5-6,8,10,12-13,31H2,1-4H3,(H,33,35)/t14?,16?,17?,20-,21?,22?,23?,25?,27?,29?/m1/s1. The van der Waals surface area contributed by atoms with Crippen molar-refractivity contribution < 1.29 is 24.2 Å². The van der Waals surface area contributed by atoms with Gasteiger partial charge in [0.25, 0.3) is 5.91 Å². The minimum atomic E-state index is -0.893. The highest BCUT2D eigenvalue weighted by molar-refractivity contribution is 6.33. The number of nitrogen functional groups attached to an aromatic ring is 1. The third kappa shape index (κ3) is 4.74. The summed E-state index contributed by atoms with van der Waals surface area (Å²) in [6, 6.07) is 3.59. The summed E-state index contributed by atoms with van der Waals surface area (Å²) in [5.41, 5.74) is 5.70. The van der Waals surface area contributed by atoms with Crippen molar-refractivity contribution in [1.82, 2.24) is 15.5 Å². The first-order chi connectivity index (χ1) is 18.4. The summed E-state index contributed by atoms with van der Waals surface area (Å²) in [6.45, 7) is 8.00. The van der Waals surface area contributed by atoms with Crippen molar-refractivity contribution >= 4 is 29.1 Å². The first kappa shape index (κ1) is 27.3. The molecule has 2 saturated carbocycles. The lowest BCUT2D eigenvalue weighted by Gasteiger charge is -2.44. The van der Waals surface area contributed by atoms with Gasteiger partial charge in [-0.05, 0) is 67.6 Å². The molecule has 2 bridgehead atoms. The SMILES string of the molecule is CCC1CC12OC1O[C@@H]1CC2NC(O)C1C2CCC(C2)N1C(=O)C(NC(=O)c1ccc(N)c(Cl)c1)C(C)(C)C. The average Bonchev–Trinajstić information content (AvgIpc) is 3.69. The Labute approximate surface area is 235 Å². The zero-order valence-electron chi connectivity index (χ0n) is 23.2. The number of epoxide rings is 1. The molecule has 0 radical (unpaired) electrons. The molecule has 0 aromatic heterocycles. The number of anilines is 1. The molecule has 6 rings (SSSR count). The Balaban J connectivity index is 1.21. The predicted octanol–water partition coefficient (Wildman–Crippen LogP) is 3.04. The number of carbonyl (C=O) groups is 2. The van der Waals surface area contributed by atoms with E-state index in [9.17, 15) is 14.7 Å². The monoisotopic (exact) mass is 560 g/mol. The number of benzene rings is 1. The minimum Gasteiger partial charge on any atom is -0.398 e. The number of amides is 2. The Morgan fingerprint density at radius 1 is 1.28 bits per heavy atom. The van der Waals surface area contributed by atoms with E-state index in [0.717, 1.165) is 38.5 Å². The maximum atomic E-state index is 14.3. The van der Waals surface area contributed by atoms with Crippen LogP contribution in [0.5, 0.6) is 0 Å². The summed E-state index contributed by atoms with van der Waals surface area (Å²) in [5.74, 6) is 0.116. The number of rotatable bonds is 7. The number of nitrogens with zero attached hydrogens (tertiary/aromatic N) is 1. The van der Waals surface area contributed by atoms with Gasteiger partial charge in [-0.15, -0.1) is 0 Å². The van der Waals surface area contributed by atoms with Gasteiger partial charge in [0.05, 0.1) is 22.4 Å². The van der Waals surface area contributed by atoms with Gasteiger partial charge in [0.2, 0.25) is 5.91 Å². The topological polar surface area (TPSA) is 129 Å². The molecule has 39 heavy (non-hydrogen) atoms. The van der Waals surface area contributed by atoms with Crippen LogP contribution in [-0.4, -0.2) is 70.2 Å². The summed E-state index contributed by atoms with van der Waals surface area (Å²) >= 11 is 6.15. The van der Waals surface area contributed by atoms with Crippen LogP contribution in [0.4, 0.5) is 5.69 Å². The molecule has 3 aliphatic heterocycles. The third-order valence-corrected chi connectivity index (χ3v) is 10.1. The van der Waals surface area contributed by atoms with Crippen LogP contribution >= 0.6 is 11.6 Å². The van der Waals surface area contributed by atoms with Crippen LogP contribution in [-0.2, 0) is 14.3 Å². The zero-order valence-corrected chi connectivity index (χ0v) is 23.9. The molecule has 10 atom stereocenters. The van der Waals surface area contributed by atoms with Crippen molar-refractivity contribution in [2.75, 3.05) is 5.73 Å². The summed E-state index contributed by atoms with van der Waals surface area (Å²) in [7, 11) is 0. The van der Waals surface area contributed by atoms with Gasteiger partial charge in [-0.1, -0.05) is 45.7 Å². The van der Waals surface area contributed by atoms with E-state index >= 15 is 0 Å². The molecule has 3 heterocycles. The Bertz CT molecular complexity index is 1160. The number of halogens is 1. The maximum absolute atomic E-state index is 14.3. The normalized spacial score (nSPS) is 37.9. The lowest BCUT2D eigenvalue weighted by molar-refractivity contribution is -0.145. The number of hydrogen-bond acceptors (Lipinski definition) is 7. The number of aliphatic hydroxyl groups is 1. The first-order valence-corrected chi connectivity index (χ1v) is 14.8. The van der Waals surface area contributed by atoms with E-state index in [0.29, 0.717) is 22.2 Å². The van der Waals surface area contributed by atoms with E-state index in [2.05, 4.69) is 17.6 Å². The first-order valence-electron chi connectivity index (χ1n) is 14.4. The van der Waals surface area contributed by atoms with Crippen molar-refractivity contribution in [3.63, 3.8) is 0 Å². The number of piperidine rings is 1. The lowest BCUT2D eigenvalue weighted by Crippen LogP contribution is -2.64. The largest absolute Gasteiger partial charge is 0.398 e. The second kappa shape index (κ2) is 9.58. The quantitative estimate of drug-likeness (QED) is 0.229. The average molecular weight is 561 g/mol. The number of ether oxygens (including phenoxy) is 2. The summed E-state index contributed by atoms with van der Waals surface area (Å²) < 4.78 is 12.0. The molecule has 5 fully saturated rings. The van der Waals surface area contributed by atoms with Crippen LogP contribution < -0.4 is 16.4 Å². The molecule has 9 unspecified atom stereocenters. The Morgan fingerprint density at radius 3 is 2.72 bits per heavy atom. The Hall–Kier alpha value is -1.91. The molecule has 5 N–H and O–H groups in total. The molecule has 1 aromatic rings. The highest BCUT2D eigenvalue weighted by Crippen LogP contribution is 2.58. The van der Waals surface area contributed by atoms with E-state index in [-0.39, 0.29) is 53.9 Å². The summed E-state index contributed by atoms with van der Waals surface area (Å²) in [5, 5.41) is 18.4. The van der Waals surface area contributed by atoms with E-state index < -0.39 is 17.7 Å². The van der Waals surface area contributed by atoms with Crippen molar-refractivity contribution in [1.29, 1.82) is 0 Å². The van der Waals surface area contributed by atoms with Gasteiger partial charge < -0.3 is 30.5 Å². The molecule has 2 amide bonds. The number of likely N-dealkylation sites (tertiary alicyclic amines) is 1. The fourth-order valence-electron chi connectivity index (χ4n) is 7.47. The Kier molecular flexibility index (Phi) is 6.70. The number of nitrogens with one attached hydrogen (secondary N) is 2. The van der Waals surface area contributed by atoms with Gasteiger partial charge >= 0.3 is 0 Å². The molecule has 9 nitrogen and oxygen atoms in total. The molecule has 1 spiro atoms. The number of aliphatic hydroxyl groups excluding tert-OH is 1. The molecule has 3 saturated heterocycles. The van der Waals surface area contributed by atoms with Crippen molar-refractivity contribution in [3.8, 4) is 0 Å². The van der Waals surface area contributed by atoms with Crippen LogP contribution in [0.1, 0.15) is 76.6 Å². The third-order valence-electron chi connectivity index (χ3n) is 9.76. The zero-order chi connectivity index (χ0) is 27.9. The number of carbonyl (C=O) groups excluding carboxylic acids is 2. The van der Waals surface area contributed by atoms with Crippen molar-refractivity contribution in [2.24, 2.45) is 17.3 Å². The van der Waals surface area contributed by atoms with Gasteiger partial charge in [0, 0.05) is 17.6 Å². The molecule has 214 valence electrons. The minimum absolute atomic E-state index is 0.0225. The van der Waals surface area contributed by atoms with Gasteiger partial charge in [0.15, 0.2) is 6.29 Å². The van der Waals surface area contributed by atoms with E-state index in [1.54, 1.807) is 12.1 Å². The highest BCUT2D eigenvalue weighted by Gasteiger charge is 2.68. The molecular formula is C29H41ClN4O5. The molecule has 10 heteroatoms. The summed E-state index contributed by atoms with van der Waals surface area (Å²) in [4.78, 5) is 29.4. The smallest absolute Gasteiger partial charge is 0.252 e. The van der Waals surface area contributed by atoms with Gasteiger partial charge in [-0.3, -0.25) is 14.9 Å². The van der Waals surface area contributed by atoms with Gasteiger partial charge in [-0.2, -0.15) is 0 Å². The van der Waals surface area contributed by atoms with E-state index in [1.165, 1.54) is 6.07 Å². The summed E-state index contributed by atoms with van der Waals surface area (Å²) in [6.07, 6.45) is 4.63.